The van der Waals surface area contributed by atoms with Crippen LogP contribution in [0.5, 0.6) is 0 Å². The standard InChI is InChI=1S/C15H28OSi/c1-10-12-15(6,7)13(11-2)16-17(8,9)14(3,4)5/h2,10,13H,1,12H2,3-9H3. The molecule has 0 aromatic rings. The molecule has 17 heavy (non-hydrogen) atoms. The Morgan fingerprint density at radius 2 is 1.76 bits per heavy atom. The molecule has 0 fully saturated rings. The largest absolute Gasteiger partial charge is 0.403 e. The lowest BCUT2D eigenvalue weighted by molar-refractivity contribution is 0.109. The van der Waals surface area contributed by atoms with E-state index in [4.69, 9.17) is 10.8 Å². The fourth-order valence-electron chi connectivity index (χ4n) is 1.37. The van der Waals surface area contributed by atoms with Gasteiger partial charge in [-0.1, -0.05) is 46.6 Å². The molecule has 0 aliphatic heterocycles. The third-order valence-corrected chi connectivity index (χ3v) is 8.19. The zero-order valence-electron chi connectivity index (χ0n) is 12.6. The Labute approximate surface area is 109 Å². The predicted octanol–water partition coefficient (Wildman–Crippen LogP) is 4.61. The molecule has 0 spiro atoms. The maximum Gasteiger partial charge on any atom is 0.193 e. The third kappa shape index (κ3) is 4.33. The monoisotopic (exact) mass is 252 g/mol. The second-order valence-corrected chi connectivity index (χ2v) is 11.7. The Hall–Kier alpha value is -0.523. The molecule has 0 rings (SSSR count). The van der Waals surface area contributed by atoms with Crippen molar-refractivity contribution in [3.8, 4) is 12.3 Å². The van der Waals surface area contributed by atoms with E-state index in [-0.39, 0.29) is 16.6 Å². The Morgan fingerprint density at radius 1 is 1.29 bits per heavy atom. The van der Waals surface area contributed by atoms with Crippen LogP contribution >= 0.6 is 0 Å². The van der Waals surface area contributed by atoms with Gasteiger partial charge in [-0.2, -0.15) is 0 Å². The maximum absolute atomic E-state index is 6.32. The smallest absolute Gasteiger partial charge is 0.193 e. The molecule has 1 unspecified atom stereocenters. The van der Waals surface area contributed by atoms with Crippen molar-refractivity contribution in [2.45, 2.75) is 65.3 Å². The van der Waals surface area contributed by atoms with Crippen molar-refractivity contribution < 1.29 is 4.43 Å². The molecule has 1 atom stereocenters. The van der Waals surface area contributed by atoms with Gasteiger partial charge in [0.05, 0.1) is 0 Å². The molecular weight excluding hydrogens is 224 g/mol. The van der Waals surface area contributed by atoms with Crippen molar-refractivity contribution in [3.05, 3.63) is 12.7 Å². The molecule has 0 bridgehead atoms. The van der Waals surface area contributed by atoms with E-state index in [1.165, 1.54) is 0 Å². The minimum Gasteiger partial charge on any atom is -0.403 e. The molecule has 0 heterocycles. The molecule has 1 nitrogen and oxygen atoms in total. The second-order valence-electron chi connectivity index (χ2n) is 6.91. The van der Waals surface area contributed by atoms with Crippen LogP contribution in [-0.4, -0.2) is 14.4 Å². The zero-order chi connectivity index (χ0) is 13.9. The van der Waals surface area contributed by atoms with E-state index in [9.17, 15) is 0 Å². The highest BCUT2D eigenvalue weighted by Crippen LogP contribution is 2.40. The van der Waals surface area contributed by atoms with Crippen LogP contribution in [0.25, 0.3) is 0 Å². The van der Waals surface area contributed by atoms with Gasteiger partial charge in [-0.25, -0.2) is 0 Å². The molecule has 0 aliphatic rings. The van der Waals surface area contributed by atoms with E-state index >= 15 is 0 Å². The van der Waals surface area contributed by atoms with Crippen LogP contribution in [0.3, 0.4) is 0 Å². The molecule has 0 N–H and O–H groups in total. The summed E-state index contributed by atoms with van der Waals surface area (Å²) >= 11 is 0. The first-order chi connectivity index (χ1) is 7.48. The van der Waals surface area contributed by atoms with Crippen molar-refractivity contribution >= 4 is 8.32 Å². The Morgan fingerprint density at radius 3 is 2.06 bits per heavy atom. The van der Waals surface area contributed by atoms with E-state index in [2.05, 4.69) is 60.2 Å². The van der Waals surface area contributed by atoms with Crippen LogP contribution in [0.4, 0.5) is 0 Å². The van der Waals surface area contributed by atoms with Crippen LogP contribution < -0.4 is 0 Å². The summed E-state index contributed by atoms with van der Waals surface area (Å²) in [6, 6.07) is 0. The van der Waals surface area contributed by atoms with E-state index in [1.807, 2.05) is 6.08 Å². The van der Waals surface area contributed by atoms with Crippen LogP contribution in [-0.2, 0) is 4.43 Å². The summed E-state index contributed by atoms with van der Waals surface area (Å²) in [5.74, 6) is 2.82. The van der Waals surface area contributed by atoms with E-state index in [1.54, 1.807) is 0 Å². The van der Waals surface area contributed by atoms with Gasteiger partial charge in [0, 0.05) is 5.41 Å². The van der Waals surface area contributed by atoms with Gasteiger partial charge < -0.3 is 4.43 Å². The summed E-state index contributed by atoms with van der Waals surface area (Å²) in [4.78, 5) is 0. The molecule has 0 aromatic carbocycles. The normalized spacial score (nSPS) is 15.2. The van der Waals surface area contributed by atoms with Gasteiger partial charge in [0.2, 0.25) is 0 Å². The molecule has 0 saturated heterocycles. The average Bonchev–Trinajstić information content (AvgIpc) is 2.11. The third-order valence-electron chi connectivity index (χ3n) is 3.75. The molecule has 0 radical (unpaired) electrons. The first-order valence-corrected chi connectivity index (χ1v) is 9.13. The van der Waals surface area contributed by atoms with Gasteiger partial charge in [0.25, 0.3) is 0 Å². The topological polar surface area (TPSA) is 9.23 Å². The number of allylic oxidation sites excluding steroid dienone is 1. The molecule has 0 aromatic heterocycles. The van der Waals surface area contributed by atoms with Crippen molar-refractivity contribution in [2.75, 3.05) is 0 Å². The summed E-state index contributed by atoms with van der Waals surface area (Å²) in [6.07, 6.45) is 8.30. The lowest BCUT2D eigenvalue weighted by Gasteiger charge is -2.42. The van der Waals surface area contributed by atoms with Gasteiger partial charge in [-0.3, -0.25) is 0 Å². The quantitative estimate of drug-likeness (QED) is 0.394. The number of hydrogen-bond acceptors (Lipinski definition) is 1. The highest BCUT2D eigenvalue weighted by Gasteiger charge is 2.41. The summed E-state index contributed by atoms with van der Waals surface area (Å²) in [7, 11) is -1.80. The summed E-state index contributed by atoms with van der Waals surface area (Å²) in [5, 5.41) is 0.187. The van der Waals surface area contributed by atoms with E-state index < -0.39 is 8.32 Å². The summed E-state index contributed by atoms with van der Waals surface area (Å²) in [6.45, 7) is 19.2. The van der Waals surface area contributed by atoms with Gasteiger partial charge >= 0.3 is 0 Å². The summed E-state index contributed by atoms with van der Waals surface area (Å²) in [5.41, 5.74) is -0.0496. The van der Waals surface area contributed by atoms with Crippen LogP contribution in [0.1, 0.15) is 41.0 Å². The molecule has 0 aliphatic carbocycles. The van der Waals surface area contributed by atoms with Crippen LogP contribution in [0, 0.1) is 17.8 Å². The Balaban J connectivity index is 4.97. The van der Waals surface area contributed by atoms with Crippen molar-refractivity contribution in [2.24, 2.45) is 5.41 Å². The predicted molar refractivity (Wildman–Crippen MR) is 79.5 cm³/mol. The maximum atomic E-state index is 6.32. The SMILES string of the molecule is C#CC(O[Si](C)(C)C(C)(C)C)C(C)(C)CC=C. The lowest BCUT2D eigenvalue weighted by Crippen LogP contribution is -2.47. The van der Waals surface area contributed by atoms with Crippen molar-refractivity contribution in [3.63, 3.8) is 0 Å². The first kappa shape index (κ1) is 16.5. The van der Waals surface area contributed by atoms with Gasteiger partial charge in [-0.15, -0.1) is 13.0 Å². The lowest BCUT2D eigenvalue weighted by atomic mass is 9.83. The molecular formula is C15H28OSi. The average molecular weight is 252 g/mol. The van der Waals surface area contributed by atoms with Gasteiger partial charge in [0.1, 0.15) is 6.10 Å². The highest BCUT2D eigenvalue weighted by atomic mass is 28.4. The Bertz CT molecular complexity index is 302. The number of terminal acetylenes is 1. The van der Waals surface area contributed by atoms with Crippen LogP contribution in [0.15, 0.2) is 12.7 Å². The van der Waals surface area contributed by atoms with Crippen molar-refractivity contribution in [1.29, 1.82) is 0 Å². The van der Waals surface area contributed by atoms with Gasteiger partial charge in [-0.05, 0) is 24.6 Å². The van der Waals surface area contributed by atoms with Gasteiger partial charge in [0.15, 0.2) is 8.32 Å². The molecule has 2 heteroatoms. The molecule has 98 valence electrons. The fraction of sp³-hybridized carbons (Fsp3) is 0.733. The fourth-order valence-corrected chi connectivity index (χ4v) is 2.70. The first-order valence-electron chi connectivity index (χ1n) is 6.23. The highest BCUT2D eigenvalue weighted by molar-refractivity contribution is 6.74. The van der Waals surface area contributed by atoms with E-state index in [0.29, 0.717) is 0 Å². The Kier molecular flexibility index (Phi) is 5.25. The second kappa shape index (κ2) is 5.41. The summed E-state index contributed by atoms with van der Waals surface area (Å²) < 4.78 is 6.32. The number of hydrogen-bond donors (Lipinski definition) is 0. The van der Waals surface area contributed by atoms with E-state index in [0.717, 1.165) is 6.42 Å². The minimum absolute atomic E-state index is 0.0496. The molecule has 0 amide bonds. The number of rotatable bonds is 5. The zero-order valence-corrected chi connectivity index (χ0v) is 13.6. The van der Waals surface area contributed by atoms with Crippen molar-refractivity contribution in [1.82, 2.24) is 0 Å². The molecule has 0 saturated carbocycles. The van der Waals surface area contributed by atoms with Crippen LogP contribution in [0.2, 0.25) is 18.1 Å². The minimum atomic E-state index is -1.80.